The van der Waals surface area contributed by atoms with Crippen LogP contribution >= 0.6 is 11.6 Å². The van der Waals surface area contributed by atoms with E-state index in [4.69, 9.17) is 17.3 Å². The van der Waals surface area contributed by atoms with Crippen molar-refractivity contribution in [1.29, 1.82) is 0 Å². The highest BCUT2D eigenvalue weighted by molar-refractivity contribution is 7.92. The Hall–Kier alpha value is -1.27. The Kier molecular flexibility index (Phi) is 5.11. The van der Waals surface area contributed by atoms with Gasteiger partial charge in [0.05, 0.1) is 16.0 Å². The highest BCUT2D eigenvalue weighted by Crippen LogP contribution is 2.26. The van der Waals surface area contributed by atoms with Gasteiger partial charge in [-0.05, 0) is 31.0 Å². The molecule has 1 aromatic rings. The highest BCUT2D eigenvalue weighted by atomic mass is 35.5. The van der Waals surface area contributed by atoms with Crippen LogP contribution in [0.25, 0.3) is 0 Å². The molecule has 1 aliphatic carbocycles. The van der Waals surface area contributed by atoms with Crippen LogP contribution in [0.1, 0.15) is 32.1 Å². The first kappa shape index (κ1) is 16.1. The van der Waals surface area contributed by atoms with E-state index in [9.17, 15) is 13.2 Å². The summed E-state index contributed by atoms with van der Waals surface area (Å²) in [5.41, 5.74) is 6.40. The van der Waals surface area contributed by atoms with Crippen molar-refractivity contribution in [1.82, 2.24) is 0 Å². The standard InChI is InChI=1S/C14H19ClN2O3S/c15-12-7-6-10(16)8-13(12)17-14(18)9-21(19,20)11-4-2-1-3-5-11/h6-8,11H,1-5,9,16H2,(H,17,18). The van der Waals surface area contributed by atoms with Crippen molar-refractivity contribution in [2.24, 2.45) is 0 Å². The van der Waals surface area contributed by atoms with Crippen molar-refractivity contribution in [2.75, 3.05) is 16.8 Å². The minimum atomic E-state index is -3.41. The quantitative estimate of drug-likeness (QED) is 0.830. The second kappa shape index (κ2) is 6.66. The summed E-state index contributed by atoms with van der Waals surface area (Å²) in [5.74, 6) is -1.09. The van der Waals surface area contributed by atoms with Crippen molar-refractivity contribution >= 4 is 38.7 Å². The van der Waals surface area contributed by atoms with Crippen LogP contribution in [0.15, 0.2) is 18.2 Å². The third kappa shape index (κ3) is 4.35. The summed E-state index contributed by atoms with van der Waals surface area (Å²) < 4.78 is 24.4. The molecule has 0 spiro atoms. The normalized spacial score (nSPS) is 16.6. The zero-order chi connectivity index (χ0) is 15.5. The van der Waals surface area contributed by atoms with Crippen molar-refractivity contribution in [2.45, 2.75) is 37.4 Å². The molecular weight excluding hydrogens is 312 g/mol. The predicted octanol–water partition coefficient (Wildman–Crippen LogP) is 2.61. The average Bonchev–Trinajstić information content (AvgIpc) is 2.43. The number of hydrogen-bond acceptors (Lipinski definition) is 4. The summed E-state index contributed by atoms with van der Waals surface area (Å²) in [7, 11) is -3.41. The average molecular weight is 331 g/mol. The molecule has 5 nitrogen and oxygen atoms in total. The van der Waals surface area contributed by atoms with Crippen LogP contribution in [0.3, 0.4) is 0 Å². The lowest BCUT2D eigenvalue weighted by molar-refractivity contribution is -0.113. The van der Waals surface area contributed by atoms with Gasteiger partial charge in [-0.1, -0.05) is 30.9 Å². The lowest BCUT2D eigenvalue weighted by Gasteiger charge is -2.21. The SMILES string of the molecule is Nc1ccc(Cl)c(NC(=O)CS(=O)(=O)C2CCCCC2)c1. The third-order valence-electron chi connectivity index (χ3n) is 3.66. The molecule has 2 rings (SSSR count). The van der Waals surface area contributed by atoms with Crippen LogP contribution in [0.5, 0.6) is 0 Å². The van der Waals surface area contributed by atoms with Crippen LogP contribution < -0.4 is 11.1 Å². The van der Waals surface area contributed by atoms with E-state index in [1.165, 1.54) is 6.07 Å². The fraction of sp³-hybridized carbons (Fsp3) is 0.500. The van der Waals surface area contributed by atoms with Gasteiger partial charge in [0, 0.05) is 5.69 Å². The maximum absolute atomic E-state index is 12.2. The number of carbonyl (C=O) groups excluding carboxylic acids is 1. The number of halogens is 1. The summed E-state index contributed by atoms with van der Waals surface area (Å²) >= 11 is 5.94. The van der Waals surface area contributed by atoms with E-state index in [0.717, 1.165) is 19.3 Å². The van der Waals surface area contributed by atoms with E-state index in [1.54, 1.807) is 12.1 Å². The number of hydrogen-bond donors (Lipinski definition) is 2. The fourth-order valence-corrected chi connectivity index (χ4v) is 4.44. The molecule has 0 atom stereocenters. The Morgan fingerprint density at radius 3 is 2.62 bits per heavy atom. The Bertz CT molecular complexity index is 625. The lowest BCUT2D eigenvalue weighted by atomic mass is 10.0. The van der Waals surface area contributed by atoms with Gasteiger partial charge in [-0.15, -0.1) is 0 Å². The number of benzene rings is 1. The van der Waals surface area contributed by atoms with Crippen LogP contribution in [-0.4, -0.2) is 25.3 Å². The molecule has 0 heterocycles. The first-order valence-electron chi connectivity index (χ1n) is 6.95. The van der Waals surface area contributed by atoms with Crippen molar-refractivity contribution in [3.05, 3.63) is 23.2 Å². The molecule has 0 aliphatic heterocycles. The molecule has 21 heavy (non-hydrogen) atoms. The summed E-state index contributed by atoms with van der Waals surface area (Å²) in [6, 6.07) is 4.67. The maximum atomic E-state index is 12.2. The van der Waals surface area contributed by atoms with Gasteiger partial charge in [-0.2, -0.15) is 0 Å². The Balaban J connectivity index is 2.02. The summed E-state index contributed by atoms with van der Waals surface area (Å²) in [6.45, 7) is 0. The highest BCUT2D eigenvalue weighted by Gasteiger charge is 2.29. The topological polar surface area (TPSA) is 89.3 Å². The smallest absolute Gasteiger partial charge is 0.239 e. The number of nitrogens with two attached hydrogens (primary N) is 1. The number of sulfone groups is 1. The van der Waals surface area contributed by atoms with E-state index in [2.05, 4.69) is 5.32 Å². The molecule has 0 bridgehead atoms. The Morgan fingerprint density at radius 1 is 1.29 bits per heavy atom. The van der Waals surface area contributed by atoms with Crippen LogP contribution in [0.4, 0.5) is 11.4 Å². The minimum absolute atomic E-state index is 0.326. The summed E-state index contributed by atoms with van der Waals surface area (Å²) in [6.07, 6.45) is 4.18. The molecule has 1 aliphatic rings. The molecule has 0 radical (unpaired) electrons. The molecule has 1 aromatic carbocycles. The number of anilines is 2. The Labute approximate surface area is 129 Å². The van der Waals surface area contributed by atoms with E-state index in [0.29, 0.717) is 29.2 Å². The third-order valence-corrected chi connectivity index (χ3v) is 6.14. The van der Waals surface area contributed by atoms with E-state index < -0.39 is 26.7 Å². The Morgan fingerprint density at radius 2 is 1.95 bits per heavy atom. The van der Waals surface area contributed by atoms with Crippen molar-refractivity contribution in [3.8, 4) is 0 Å². The molecule has 1 saturated carbocycles. The van der Waals surface area contributed by atoms with E-state index in [-0.39, 0.29) is 0 Å². The largest absolute Gasteiger partial charge is 0.399 e. The van der Waals surface area contributed by atoms with Gasteiger partial charge in [0.2, 0.25) is 5.91 Å². The summed E-state index contributed by atoms with van der Waals surface area (Å²) in [5, 5.41) is 2.45. The number of amides is 1. The van der Waals surface area contributed by atoms with Gasteiger partial charge in [0.1, 0.15) is 5.75 Å². The second-order valence-electron chi connectivity index (χ2n) is 5.35. The van der Waals surface area contributed by atoms with Crippen molar-refractivity contribution in [3.63, 3.8) is 0 Å². The van der Waals surface area contributed by atoms with Gasteiger partial charge >= 0.3 is 0 Å². The first-order chi connectivity index (χ1) is 9.88. The van der Waals surface area contributed by atoms with Crippen LogP contribution in [-0.2, 0) is 14.6 Å². The van der Waals surface area contributed by atoms with Gasteiger partial charge in [-0.25, -0.2) is 8.42 Å². The molecule has 7 heteroatoms. The van der Waals surface area contributed by atoms with Gasteiger partial charge in [0.15, 0.2) is 9.84 Å². The van der Waals surface area contributed by atoms with Crippen molar-refractivity contribution < 1.29 is 13.2 Å². The molecule has 0 unspecified atom stereocenters. The predicted molar refractivity (Wildman–Crippen MR) is 85.2 cm³/mol. The number of rotatable bonds is 4. The molecule has 1 fully saturated rings. The second-order valence-corrected chi connectivity index (χ2v) is 8.04. The molecule has 1 amide bonds. The molecule has 0 aromatic heterocycles. The molecule has 3 N–H and O–H groups in total. The van der Waals surface area contributed by atoms with Gasteiger partial charge in [0.25, 0.3) is 0 Å². The molecular formula is C14H19ClN2O3S. The van der Waals surface area contributed by atoms with Gasteiger partial charge < -0.3 is 11.1 Å². The molecule has 116 valence electrons. The van der Waals surface area contributed by atoms with Crippen LogP contribution in [0, 0.1) is 0 Å². The first-order valence-corrected chi connectivity index (χ1v) is 9.04. The zero-order valence-electron chi connectivity index (χ0n) is 11.6. The summed E-state index contributed by atoms with van der Waals surface area (Å²) in [4.78, 5) is 11.9. The number of carbonyl (C=O) groups is 1. The van der Waals surface area contributed by atoms with Crippen LogP contribution in [0.2, 0.25) is 5.02 Å². The van der Waals surface area contributed by atoms with Gasteiger partial charge in [-0.3, -0.25) is 4.79 Å². The van der Waals surface area contributed by atoms with E-state index >= 15 is 0 Å². The monoisotopic (exact) mass is 330 g/mol. The lowest BCUT2D eigenvalue weighted by Crippen LogP contribution is -2.32. The maximum Gasteiger partial charge on any atom is 0.239 e. The zero-order valence-corrected chi connectivity index (χ0v) is 13.2. The van der Waals surface area contributed by atoms with E-state index in [1.807, 2.05) is 0 Å². The number of nitrogens with one attached hydrogen (secondary N) is 1. The fourth-order valence-electron chi connectivity index (χ4n) is 2.55. The molecule has 0 saturated heterocycles. The number of nitrogen functional groups attached to an aromatic ring is 1. The minimum Gasteiger partial charge on any atom is -0.399 e.